The SMILES string of the molecule is Cc1cc(Cl)cc(C2(C(F)(F)F)CC(c3ccc(C)c(N)c3)=NO2)c1. The summed E-state index contributed by atoms with van der Waals surface area (Å²) in [7, 11) is 0. The summed E-state index contributed by atoms with van der Waals surface area (Å²) in [5.74, 6) is 0. The smallest absolute Gasteiger partial charge is 0.398 e. The van der Waals surface area contributed by atoms with Crippen LogP contribution in [0.3, 0.4) is 0 Å². The van der Waals surface area contributed by atoms with Gasteiger partial charge >= 0.3 is 6.18 Å². The van der Waals surface area contributed by atoms with Crippen molar-refractivity contribution in [3.8, 4) is 0 Å². The molecule has 1 heterocycles. The topological polar surface area (TPSA) is 47.6 Å². The molecule has 0 fully saturated rings. The van der Waals surface area contributed by atoms with Crippen molar-refractivity contribution in [1.29, 1.82) is 0 Å². The second kappa shape index (κ2) is 5.95. The van der Waals surface area contributed by atoms with E-state index in [1.54, 1.807) is 31.2 Å². The Morgan fingerprint density at radius 3 is 2.48 bits per heavy atom. The van der Waals surface area contributed by atoms with Gasteiger partial charge in [0, 0.05) is 28.3 Å². The van der Waals surface area contributed by atoms with Crippen LogP contribution in [0.5, 0.6) is 0 Å². The summed E-state index contributed by atoms with van der Waals surface area (Å²) in [6.07, 6.45) is -5.11. The maximum atomic E-state index is 13.9. The first-order chi connectivity index (χ1) is 11.6. The third-order valence-electron chi connectivity index (χ3n) is 4.31. The first kappa shape index (κ1) is 17.6. The molecule has 0 aromatic heterocycles. The van der Waals surface area contributed by atoms with Crippen LogP contribution in [0.2, 0.25) is 5.02 Å². The van der Waals surface area contributed by atoms with E-state index in [1.807, 2.05) is 6.92 Å². The van der Waals surface area contributed by atoms with Crippen molar-refractivity contribution >= 4 is 23.0 Å². The lowest BCUT2D eigenvalue weighted by atomic mass is 9.85. The first-order valence-corrected chi connectivity index (χ1v) is 7.96. The van der Waals surface area contributed by atoms with Crippen molar-refractivity contribution in [3.63, 3.8) is 0 Å². The average molecular weight is 369 g/mol. The number of rotatable bonds is 2. The number of nitrogens with two attached hydrogens (primary N) is 1. The standard InChI is InChI=1S/C18H16ClF3N2O/c1-10-5-13(8-14(19)6-10)17(18(20,21)22)9-16(24-25-17)12-4-3-11(2)15(23)7-12/h3-8H,9,23H2,1-2H3. The Bertz CT molecular complexity index is 844. The van der Waals surface area contributed by atoms with Gasteiger partial charge in [-0.05, 0) is 43.2 Å². The van der Waals surface area contributed by atoms with E-state index in [1.165, 1.54) is 12.1 Å². The molecule has 2 aromatic rings. The van der Waals surface area contributed by atoms with E-state index in [0.717, 1.165) is 5.56 Å². The van der Waals surface area contributed by atoms with E-state index in [9.17, 15) is 13.2 Å². The number of aryl methyl sites for hydroxylation is 2. The van der Waals surface area contributed by atoms with Crippen LogP contribution in [0, 0.1) is 13.8 Å². The zero-order valence-corrected chi connectivity index (χ0v) is 14.4. The number of hydrogen-bond donors (Lipinski definition) is 1. The van der Waals surface area contributed by atoms with Gasteiger partial charge in [-0.15, -0.1) is 0 Å². The van der Waals surface area contributed by atoms with E-state index >= 15 is 0 Å². The van der Waals surface area contributed by atoms with E-state index < -0.39 is 18.2 Å². The fourth-order valence-corrected chi connectivity index (χ4v) is 3.14. The normalized spacial score (nSPS) is 20.3. The maximum Gasteiger partial charge on any atom is 0.435 e. The predicted molar refractivity (Wildman–Crippen MR) is 91.8 cm³/mol. The Morgan fingerprint density at radius 1 is 1.16 bits per heavy atom. The summed E-state index contributed by atoms with van der Waals surface area (Å²) in [5.41, 5.74) is 5.88. The Kier molecular flexibility index (Phi) is 4.19. The molecule has 2 N–H and O–H groups in total. The van der Waals surface area contributed by atoms with E-state index in [2.05, 4.69) is 5.16 Å². The quantitative estimate of drug-likeness (QED) is 0.748. The van der Waals surface area contributed by atoms with E-state index in [0.29, 0.717) is 16.8 Å². The van der Waals surface area contributed by atoms with Crippen LogP contribution in [0.15, 0.2) is 41.6 Å². The van der Waals surface area contributed by atoms with Crippen molar-refractivity contribution < 1.29 is 18.0 Å². The zero-order valence-electron chi connectivity index (χ0n) is 13.6. The Morgan fingerprint density at radius 2 is 1.88 bits per heavy atom. The molecule has 25 heavy (non-hydrogen) atoms. The third-order valence-corrected chi connectivity index (χ3v) is 4.53. The molecule has 0 amide bonds. The van der Waals surface area contributed by atoms with Gasteiger partial charge < -0.3 is 10.6 Å². The molecule has 3 rings (SSSR count). The highest BCUT2D eigenvalue weighted by atomic mass is 35.5. The van der Waals surface area contributed by atoms with Gasteiger partial charge in [-0.3, -0.25) is 0 Å². The molecule has 2 aromatic carbocycles. The first-order valence-electron chi connectivity index (χ1n) is 7.58. The van der Waals surface area contributed by atoms with Crippen LogP contribution < -0.4 is 5.73 Å². The Hall–Kier alpha value is -2.21. The van der Waals surface area contributed by atoms with Gasteiger partial charge in [0.2, 0.25) is 0 Å². The summed E-state index contributed by atoms with van der Waals surface area (Å²) < 4.78 is 41.8. The van der Waals surface area contributed by atoms with Crippen molar-refractivity contribution in [2.45, 2.75) is 32.0 Å². The second-order valence-electron chi connectivity index (χ2n) is 6.22. The predicted octanol–water partition coefficient (Wildman–Crippen LogP) is 5.12. The van der Waals surface area contributed by atoms with Crippen molar-refractivity contribution in [2.75, 3.05) is 5.73 Å². The maximum absolute atomic E-state index is 13.9. The summed E-state index contributed by atoms with van der Waals surface area (Å²) in [4.78, 5) is 5.00. The number of hydrogen-bond acceptors (Lipinski definition) is 3. The molecule has 0 saturated carbocycles. The summed E-state index contributed by atoms with van der Waals surface area (Å²) in [5, 5.41) is 3.95. The number of halogens is 4. The van der Waals surface area contributed by atoms with Gasteiger partial charge in [0.25, 0.3) is 5.60 Å². The molecule has 0 saturated heterocycles. The van der Waals surface area contributed by atoms with Gasteiger partial charge in [0.05, 0.1) is 5.71 Å². The molecule has 7 heteroatoms. The van der Waals surface area contributed by atoms with Crippen LogP contribution in [0.25, 0.3) is 0 Å². The minimum absolute atomic E-state index is 0.0659. The molecular weight excluding hydrogens is 353 g/mol. The molecular formula is C18H16ClF3N2O. The number of alkyl halides is 3. The van der Waals surface area contributed by atoms with Crippen LogP contribution in [-0.2, 0) is 10.4 Å². The fourth-order valence-electron chi connectivity index (χ4n) is 2.85. The molecule has 3 nitrogen and oxygen atoms in total. The van der Waals surface area contributed by atoms with E-state index in [-0.39, 0.29) is 16.3 Å². The Balaban J connectivity index is 2.04. The molecule has 0 aliphatic carbocycles. The van der Waals surface area contributed by atoms with Crippen molar-refractivity contribution in [1.82, 2.24) is 0 Å². The largest absolute Gasteiger partial charge is 0.435 e. The molecule has 1 aliphatic rings. The van der Waals surface area contributed by atoms with Gasteiger partial charge in [0.15, 0.2) is 0 Å². The second-order valence-corrected chi connectivity index (χ2v) is 6.66. The summed E-state index contributed by atoms with van der Waals surface area (Å²) in [6, 6.07) is 9.30. The molecule has 1 aliphatic heterocycles. The average Bonchev–Trinajstić information content (AvgIpc) is 2.95. The third kappa shape index (κ3) is 3.06. The summed E-state index contributed by atoms with van der Waals surface area (Å²) >= 11 is 5.96. The number of oxime groups is 1. The van der Waals surface area contributed by atoms with Crippen LogP contribution in [0.4, 0.5) is 18.9 Å². The highest BCUT2D eigenvalue weighted by Crippen LogP contribution is 2.49. The Labute approximate surface area is 148 Å². The van der Waals surface area contributed by atoms with Gasteiger partial charge in [-0.2, -0.15) is 13.2 Å². The molecule has 0 spiro atoms. The molecule has 1 unspecified atom stereocenters. The van der Waals surface area contributed by atoms with Crippen molar-refractivity contribution in [3.05, 3.63) is 63.7 Å². The molecule has 1 atom stereocenters. The zero-order chi connectivity index (χ0) is 18.4. The van der Waals surface area contributed by atoms with Crippen LogP contribution in [0.1, 0.15) is 28.7 Å². The highest BCUT2D eigenvalue weighted by molar-refractivity contribution is 6.30. The van der Waals surface area contributed by atoms with Crippen LogP contribution in [-0.4, -0.2) is 11.9 Å². The lowest BCUT2D eigenvalue weighted by Crippen LogP contribution is -2.42. The number of nitrogen functional groups attached to an aromatic ring is 1. The van der Waals surface area contributed by atoms with E-state index in [4.69, 9.17) is 22.2 Å². The van der Waals surface area contributed by atoms with Gasteiger partial charge in [-0.25, -0.2) is 0 Å². The molecule has 0 bridgehead atoms. The molecule has 132 valence electrons. The minimum Gasteiger partial charge on any atom is -0.398 e. The van der Waals surface area contributed by atoms with Gasteiger partial charge in [-0.1, -0.05) is 35.0 Å². The van der Waals surface area contributed by atoms with Crippen molar-refractivity contribution in [2.24, 2.45) is 5.16 Å². The monoisotopic (exact) mass is 368 g/mol. The number of anilines is 1. The highest BCUT2D eigenvalue weighted by Gasteiger charge is 2.62. The van der Waals surface area contributed by atoms with Gasteiger partial charge in [0.1, 0.15) is 0 Å². The minimum atomic E-state index is -4.66. The lowest BCUT2D eigenvalue weighted by Gasteiger charge is -2.29. The van der Waals surface area contributed by atoms with Crippen LogP contribution >= 0.6 is 11.6 Å². The fraction of sp³-hybridized carbons (Fsp3) is 0.278. The molecule has 0 radical (unpaired) electrons. The lowest BCUT2D eigenvalue weighted by molar-refractivity contribution is -0.275. The number of nitrogens with zero attached hydrogens (tertiary/aromatic N) is 1. The number of benzene rings is 2. The summed E-state index contributed by atoms with van der Waals surface area (Å²) in [6.45, 7) is 3.50.